The molecule has 1 rings (SSSR count). The fourth-order valence-corrected chi connectivity index (χ4v) is 0.893. The van der Waals surface area contributed by atoms with Crippen molar-refractivity contribution in [3.8, 4) is 0 Å². The first kappa shape index (κ1) is 9.66. The van der Waals surface area contributed by atoms with E-state index in [1.165, 1.54) is 6.20 Å². The van der Waals surface area contributed by atoms with Gasteiger partial charge in [0.15, 0.2) is 0 Å². The van der Waals surface area contributed by atoms with Gasteiger partial charge in [-0.05, 0) is 6.92 Å². The number of nitrogens with two attached hydrogens (primary N) is 1. The Morgan fingerprint density at radius 2 is 2.62 bits per heavy atom. The molecule has 0 amide bonds. The second-order valence-corrected chi connectivity index (χ2v) is 2.51. The number of nitrogens with one attached hydrogen (secondary N) is 1. The summed E-state index contributed by atoms with van der Waals surface area (Å²) >= 11 is 0. The molecule has 1 unspecified atom stereocenters. The Bertz CT molecular complexity index is 259. The molecule has 0 aliphatic rings. The third-order valence-corrected chi connectivity index (χ3v) is 1.51. The lowest BCUT2D eigenvalue weighted by Gasteiger charge is -2.06. The van der Waals surface area contributed by atoms with Gasteiger partial charge in [0.1, 0.15) is 0 Å². The maximum atomic E-state index is 11.0. The molecule has 6 heteroatoms. The normalized spacial score (nSPS) is 12.5. The highest BCUT2D eigenvalue weighted by molar-refractivity contribution is 5.70. The van der Waals surface area contributed by atoms with Gasteiger partial charge >= 0.3 is 5.97 Å². The van der Waals surface area contributed by atoms with Crippen LogP contribution in [-0.2, 0) is 9.53 Å². The van der Waals surface area contributed by atoms with Crippen molar-refractivity contribution in [2.45, 2.75) is 19.4 Å². The zero-order valence-corrected chi connectivity index (χ0v) is 7.36. The van der Waals surface area contributed by atoms with Crippen LogP contribution in [0.4, 0.5) is 0 Å². The lowest BCUT2D eigenvalue weighted by molar-refractivity contribution is -0.143. The van der Waals surface area contributed by atoms with Gasteiger partial charge in [-0.25, -0.2) is 0 Å². The van der Waals surface area contributed by atoms with E-state index >= 15 is 0 Å². The molecule has 72 valence electrons. The molecular weight excluding hydrogens is 172 g/mol. The molecule has 1 aromatic heterocycles. The first-order chi connectivity index (χ1) is 6.24. The second-order valence-electron chi connectivity index (χ2n) is 2.51. The number of aromatic amines is 1. The van der Waals surface area contributed by atoms with E-state index in [1.54, 1.807) is 6.92 Å². The molecular formula is C7H12N4O2. The summed E-state index contributed by atoms with van der Waals surface area (Å²) in [6, 6.07) is -0.446. The predicted octanol–water partition coefficient (Wildman–Crippen LogP) is -0.242. The summed E-state index contributed by atoms with van der Waals surface area (Å²) in [6.07, 6.45) is 1.62. The number of rotatable bonds is 4. The highest BCUT2D eigenvalue weighted by Crippen LogP contribution is 2.09. The van der Waals surface area contributed by atoms with Crippen LogP contribution in [0.2, 0.25) is 0 Å². The van der Waals surface area contributed by atoms with Crippen molar-refractivity contribution in [1.82, 2.24) is 15.4 Å². The molecule has 0 saturated carbocycles. The fourth-order valence-electron chi connectivity index (χ4n) is 0.893. The molecule has 0 saturated heterocycles. The molecule has 6 nitrogen and oxygen atoms in total. The Kier molecular flexibility index (Phi) is 3.39. The van der Waals surface area contributed by atoms with Gasteiger partial charge in [-0.15, -0.1) is 0 Å². The van der Waals surface area contributed by atoms with Gasteiger partial charge in [-0.3, -0.25) is 4.79 Å². The molecule has 1 heterocycles. The maximum absolute atomic E-state index is 11.0. The van der Waals surface area contributed by atoms with E-state index in [0.717, 1.165) is 0 Å². The van der Waals surface area contributed by atoms with E-state index in [1.807, 2.05) is 0 Å². The number of H-pyrrole nitrogens is 1. The lowest BCUT2D eigenvalue weighted by Crippen LogP contribution is -2.17. The zero-order valence-electron chi connectivity index (χ0n) is 7.36. The van der Waals surface area contributed by atoms with E-state index < -0.39 is 6.04 Å². The third-order valence-electron chi connectivity index (χ3n) is 1.51. The quantitative estimate of drug-likeness (QED) is 0.630. The maximum Gasteiger partial charge on any atom is 0.307 e. The minimum atomic E-state index is -0.446. The largest absolute Gasteiger partial charge is 0.466 e. The number of aromatic nitrogens is 3. The van der Waals surface area contributed by atoms with Gasteiger partial charge in [0.25, 0.3) is 0 Å². The van der Waals surface area contributed by atoms with Crippen LogP contribution in [0.5, 0.6) is 0 Å². The Hall–Kier alpha value is -1.43. The van der Waals surface area contributed by atoms with Crippen LogP contribution < -0.4 is 5.73 Å². The number of hydrogen-bond acceptors (Lipinski definition) is 5. The summed E-state index contributed by atoms with van der Waals surface area (Å²) in [5.74, 6) is -0.321. The van der Waals surface area contributed by atoms with Gasteiger partial charge in [0, 0.05) is 0 Å². The van der Waals surface area contributed by atoms with Crippen LogP contribution in [0.1, 0.15) is 25.1 Å². The van der Waals surface area contributed by atoms with Crippen LogP contribution in [0, 0.1) is 0 Å². The Morgan fingerprint density at radius 1 is 1.85 bits per heavy atom. The van der Waals surface area contributed by atoms with Crippen LogP contribution in [0.3, 0.4) is 0 Å². The van der Waals surface area contributed by atoms with Gasteiger partial charge in [0.05, 0.1) is 31.0 Å². The molecule has 1 atom stereocenters. The van der Waals surface area contributed by atoms with Gasteiger partial charge in [-0.1, -0.05) is 0 Å². The Balaban J connectivity index is 2.42. The van der Waals surface area contributed by atoms with Crippen molar-refractivity contribution >= 4 is 5.97 Å². The molecule has 0 fully saturated rings. The number of esters is 1. The van der Waals surface area contributed by atoms with E-state index in [0.29, 0.717) is 12.3 Å². The molecule has 0 spiro atoms. The number of carbonyl (C=O) groups excluding carboxylic acids is 1. The highest BCUT2D eigenvalue weighted by Gasteiger charge is 2.14. The molecule has 1 aromatic rings. The molecule has 0 aliphatic heterocycles. The number of ether oxygens (including phenoxy) is 1. The van der Waals surface area contributed by atoms with E-state index in [4.69, 9.17) is 10.5 Å². The van der Waals surface area contributed by atoms with Crippen molar-refractivity contribution in [3.05, 3.63) is 11.9 Å². The Morgan fingerprint density at radius 3 is 3.15 bits per heavy atom. The molecule has 0 aromatic carbocycles. The molecule has 13 heavy (non-hydrogen) atoms. The standard InChI is InChI=1S/C7H12N4O2/c1-2-13-7(12)3-5(8)6-4-9-11-10-6/h4-5H,2-3,8H2,1H3,(H,9,10,11). The summed E-state index contributed by atoms with van der Waals surface area (Å²) < 4.78 is 4.73. The van der Waals surface area contributed by atoms with Gasteiger partial charge < -0.3 is 10.5 Å². The summed E-state index contributed by atoms with van der Waals surface area (Å²) in [5, 5.41) is 9.77. The highest BCUT2D eigenvalue weighted by atomic mass is 16.5. The van der Waals surface area contributed by atoms with E-state index in [2.05, 4.69) is 15.4 Å². The molecule has 0 aliphatic carbocycles. The smallest absolute Gasteiger partial charge is 0.307 e. The van der Waals surface area contributed by atoms with Gasteiger partial charge in [-0.2, -0.15) is 15.4 Å². The van der Waals surface area contributed by atoms with Crippen molar-refractivity contribution in [1.29, 1.82) is 0 Å². The van der Waals surface area contributed by atoms with Crippen molar-refractivity contribution in [2.75, 3.05) is 6.61 Å². The summed E-state index contributed by atoms with van der Waals surface area (Å²) in [7, 11) is 0. The molecule has 3 N–H and O–H groups in total. The topological polar surface area (TPSA) is 93.9 Å². The zero-order chi connectivity index (χ0) is 9.68. The lowest BCUT2D eigenvalue weighted by atomic mass is 10.2. The predicted molar refractivity (Wildman–Crippen MR) is 44.6 cm³/mol. The van der Waals surface area contributed by atoms with Crippen molar-refractivity contribution in [2.24, 2.45) is 5.73 Å². The van der Waals surface area contributed by atoms with E-state index in [9.17, 15) is 4.79 Å². The van der Waals surface area contributed by atoms with Crippen LogP contribution in [0.15, 0.2) is 6.20 Å². The third kappa shape index (κ3) is 2.83. The summed E-state index contributed by atoms with van der Waals surface area (Å²) in [6.45, 7) is 2.11. The van der Waals surface area contributed by atoms with Crippen molar-refractivity contribution < 1.29 is 9.53 Å². The monoisotopic (exact) mass is 184 g/mol. The Labute approximate surface area is 75.5 Å². The average molecular weight is 184 g/mol. The minimum Gasteiger partial charge on any atom is -0.466 e. The number of nitrogens with zero attached hydrogens (tertiary/aromatic N) is 2. The first-order valence-corrected chi connectivity index (χ1v) is 4.01. The van der Waals surface area contributed by atoms with E-state index in [-0.39, 0.29) is 12.4 Å². The van der Waals surface area contributed by atoms with Crippen molar-refractivity contribution in [3.63, 3.8) is 0 Å². The average Bonchev–Trinajstić information content (AvgIpc) is 2.55. The van der Waals surface area contributed by atoms with Crippen LogP contribution >= 0.6 is 0 Å². The van der Waals surface area contributed by atoms with Crippen LogP contribution in [0.25, 0.3) is 0 Å². The number of carbonyl (C=O) groups is 1. The fraction of sp³-hybridized carbons (Fsp3) is 0.571. The first-order valence-electron chi connectivity index (χ1n) is 4.01. The molecule has 0 bridgehead atoms. The summed E-state index contributed by atoms with van der Waals surface area (Å²) in [5.41, 5.74) is 6.21. The summed E-state index contributed by atoms with van der Waals surface area (Å²) in [4.78, 5) is 11.0. The minimum absolute atomic E-state index is 0.125. The molecule has 0 radical (unpaired) electrons. The van der Waals surface area contributed by atoms with Crippen LogP contribution in [-0.4, -0.2) is 28.0 Å². The SMILES string of the molecule is CCOC(=O)CC(N)c1cn[nH]n1. The van der Waals surface area contributed by atoms with Gasteiger partial charge in [0.2, 0.25) is 0 Å². The second kappa shape index (κ2) is 4.56. The number of hydrogen-bond donors (Lipinski definition) is 2.